The number of aliphatic hydroxyl groups is 1. The van der Waals surface area contributed by atoms with E-state index in [0.29, 0.717) is 22.5 Å². The molecule has 0 aliphatic carbocycles. The van der Waals surface area contributed by atoms with Gasteiger partial charge in [0.05, 0.1) is 31.1 Å². The molecule has 0 spiro atoms. The minimum atomic E-state index is -4.83. The Morgan fingerprint density at radius 2 is 1.73 bits per heavy atom. The molecule has 3 aromatic heterocycles. The Labute approximate surface area is 231 Å². The Bertz CT molecular complexity index is 1710. The fourth-order valence-corrected chi connectivity index (χ4v) is 4.51. The van der Waals surface area contributed by atoms with E-state index in [2.05, 4.69) is 20.3 Å². The SMILES string of the molecule is COc1cc(-c2cn(CC(c3cc(C(C)(C)O)c(F)c(-c4ccc(F)cc4)n3)C(F)(F)F)nn2)cc2cccnc12. The molecular formula is C29H24F5N5O2. The molecule has 0 bridgehead atoms. The number of fused-ring (bicyclic) bond motifs is 1. The highest BCUT2D eigenvalue weighted by Gasteiger charge is 2.43. The molecule has 212 valence electrons. The van der Waals surface area contributed by atoms with Crippen molar-refractivity contribution in [3.63, 3.8) is 0 Å². The van der Waals surface area contributed by atoms with Gasteiger partial charge < -0.3 is 9.84 Å². The minimum Gasteiger partial charge on any atom is -0.494 e. The highest BCUT2D eigenvalue weighted by Crippen LogP contribution is 2.39. The van der Waals surface area contributed by atoms with Crippen LogP contribution < -0.4 is 4.74 Å². The zero-order valence-corrected chi connectivity index (χ0v) is 22.1. The van der Waals surface area contributed by atoms with Crippen LogP contribution in [0.4, 0.5) is 22.0 Å². The van der Waals surface area contributed by atoms with Crippen LogP contribution >= 0.6 is 0 Å². The molecule has 2 aromatic carbocycles. The molecule has 1 unspecified atom stereocenters. The third-order valence-electron chi connectivity index (χ3n) is 6.60. The van der Waals surface area contributed by atoms with E-state index in [1.54, 1.807) is 24.4 Å². The summed E-state index contributed by atoms with van der Waals surface area (Å²) in [6.07, 6.45) is -1.85. The van der Waals surface area contributed by atoms with E-state index < -0.39 is 47.3 Å². The first-order valence-electron chi connectivity index (χ1n) is 12.4. The van der Waals surface area contributed by atoms with Crippen molar-refractivity contribution in [2.75, 3.05) is 7.11 Å². The minimum absolute atomic E-state index is 0.0555. The second-order valence-electron chi connectivity index (χ2n) is 10.00. The van der Waals surface area contributed by atoms with Crippen molar-refractivity contribution in [2.24, 2.45) is 0 Å². The van der Waals surface area contributed by atoms with E-state index in [4.69, 9.17) is 4.74 Å². The first-order chi connectivity index (χ1) is 19.3. The van der Waals surface area contributed by atoms with Crippen LogP contribution in [0.1, 0.15) is 31.0 Å². The van der Waals surface area contributed by atoms with Gasteiger partial charge in [-0.1, -0.05) is 11.3 Å². The molecule has 1 atom stereocenters. The van der Waals surface area contributed by atoms with Gasteiger partial charge in [0.15, 0.2) is 5.82 Å². The van der Waals surface area contributed by atoms with Gasteiger partial charge in [0, 0.05) is 28.3 Å². The van der Waals surface area contributed by atoms with Crippen molar-refractivity contribution in [3.8, 4) is 28.3 Å². The summed E-state index contributed by atoms with van der Waals surface area (Å²) in [5.41, 5.74) is -1.67. The first-order valence-corrected chi connectivity index (χ1v) is 12.4. The maximum absolute atomic E-state index is 15.4. The molecule has 0 saturated heterocycles. The van der Waals surface area contributed by atoms with E-state index in [1.807, 2.05) is 6.07 Å². The third kappa shape index (κ3) is 5.73. The Morgan fingerprint density at radius 3 is 2.39 bits per heavy atom. The summed E-state index contributed by atoms with van der Waals surface area (Å²) in [5, 5.41) is 19.3. The molecule has 3 heterocycles. The maximum atomic E-state index is 15.4. The van der Waals surface area contributed by atoms with Crippen molar-refractivity contribution in [2.45, 2.75) is 38.1 Å². The van der Waals surface area contributed by atoms with Crippen LogP contribution in [-0.4, -0.2) is 43.4 Å². The Hall–Kier alpha value is -4.45. The second kappa shape index (κ2) is 10.5. The Morgan fingerprint density at radius 1 is 1.00 bits per heavy atom. The van der Waals surface area contributed by atoms with Gasteiger partial charge in [-0.05, 0) is 62.4 Å². The summed E-state index contributed by atoms with van der Waals surface area (Å²) in [6.45, 7) is 1.78. The number of methoxy groups -OCH3 is 1. The molecule has 12 heteroatoms. The predicted molar refractivity (Wildman–Crippen MR) is 141 cm³/mol. The number of halogens is 5. The van der Waals surface area contributed by atoms with E-state index in [1.165, 1.54) is 39.3 Å². The van der Waals surface area contributed by atoms with Crippen LogP contribution in [-0.2, 0) is 12.1 Å². The topological polar surface area (TPSA) is 86.0 Å². The fraction of sp³-hybridized carbons (Fsp3) is 0.241. The molecule has 0 fully saturated rings. The highest BCUT2D eigenvalue weighted by atomic mass is 19.4. The second-order valence-corrected chi connectivity index (χ2v) is 10.00. The predicted octanol–water partition coefficient (Wildman–Crippen LogP) is 6.42. The largest absolute Gasteiger partial charge is 0.494 e. The summed E-state index contributed by atoms with van der Waals surface area (Å²) < 4.78 is 78.8. The van der Waals surface area contributed by atoms with Gasteiger partial charge in [0.2, 0.25) is 0 Å². The number of nitrogens with zero attached hydrogens (tertiary/aromatic N) is 5. The van der Waals surface area contributed by atoms with Crippen molar-refractivity contribution in [3.05, 3.63) is 89.9 Å². The molecule has 7 nitrogen and oxygen atoms in total. The van der Waals surface area contributed by atoms with Crippen LogP contribution in [0.2, 0.25) is 0 Å². The molecule has 0 saturated carbocycles. The number of hydrogen-bond acceptors (Lipinski definition) is 6. The molecule has 0 aliphatic heterocycles. The lowest BCUT2D eigenvalue weighted by atomic mass is 9.92. The van der Waals surface area contributed by atoms with Gasteiger partial charge in [0.1, 0.15) is 34.4 Å². The number of hydrogen-bond donors (Lipinski definition) is 1. The third-order valence-corrected chi connectivity index (χ3v) is 6.60. The van der Waals surface area contributed by atoms with Crippen LogP contribution in [0.25, 0.3) is 33.4 Å². The number of rotatable bonds is 7. The summed E-state index contributed by atoms with van der Waals surface area (Å²) in [7, 11) is 1.48. The Kier molecular flexibility index (Phi) is 7.20. The molecule has 1 N–H and O–H groups in total. The van der Waals surface area contributed by atoms with E-state index >= 15 is 4.39 Å². The van der Waals surface area contributed by atoms with Crippen LogP contribution in [0.15, 0.2) is 67.0 Å². The lowest BCUT2D eigenvalue weighted by Gasteiger charge is -2.25. The van der Waals surface area contributed by atoms with Gasteiger partial charge in [-0.3, -0.25) is 9.67 Å². The van der Waals surface area contributed by atoms with Crippen molar-refractivity contribution in [1.82, 2.24) is 25.0 Å². The average molecular weight is 570 g/mol. The van der Waals surface area contributed by atoms with Crippen LogP contribution in [0, 0.1) is 11.6 Å². The number of alkyl halides is 3. The summed E-state index contributed by atoms with van der Waals surface area (Å²) in [4.78, 5) is 8.31. The van der Waals surface area contributed by atoms with Gasteiger partial charge in [-0.25, -0.2) is 13.8 Å². The molecule has 0 amide bonds. The smallest absolute Gasteiger partial charge is 0.399 e. The van der Waals surface area contributed by atoms with Crippen molar-refractivity contribution in [1.29, 1.82) is 0 Å². The Balaban J connectivity index is 1.57. The summed E-state index contributed by atoms with van der Waals surface area (Å²) in [6, 6.07) is 12.4. The summed E-state index contributed by atoms with van der Waals surface area (Å²) >= 11 is 0. The standard InChI is InChI=1S/C29H24F5N5O2/c1-28(2,40)20-13-22(36-27(25(20)31)16-6-8-19(30)9-7-16)21(29(32,33)34)14-39-15-23(37-38-39)18-11-17-5-4-10-35-26(17)24(12-18)41-3/h4-13,15,21,40H,14H2,1-3H3. The van der Waals surface area contributed by atoms with Gasteiger partial charge in [0.25, 0.3) is 0 Å². The monoisotopic (exact) mass is 569 g/mol. The van der Waals surface area contributed by atoms with Crippen molar-refractivity contribution >= 4 is 10.9 Å². The van der Waals surface area contributed by atoms with E-state index in [0.717, 1.165) is 28.3 Å². The summed E-state index contributed by atoms with van der Waals surface area (Å²) in [5.74, 6) is -3.39. The van der Waals surface area contributed by atoms with Crippen LogP contribution in [0.5, 0.6) is 5.75 Å². The number of pyridine rings is 2. The molecule has 41 heavy (non-hydrogen) atoms. The quantitative estimate of drug-likeness (QED) is 0.228. The highest BCUT2D eigenvalue weighted by molar-refractivity contribution is 5.89. The average Bonchev–Trinajstić information content (AvgIpc) is 3.39. The zero-order valence-electron chi connectivity index (χ0n) is 22.1. The van der Waals surface area contributed by atoms with Gasteiger partial charge >= 0.3 is 6.18 Å². The normalized spacial score (nSPS) is 13.0. The number of ether oxygens (including phenoxy) is 1. The lowest BCUT2D eigenvalue weighted by molar-refractivity contribution is -0.154. The lowest BCUT2D eigenvalue weighted by Crippen LogP contribution is -2.28. The molecule has 5 rings (SSSR count). The van der Waals surface area contributed by atoms with Crippen molar-refractivity contribution < 1.29 is 31.8 Å². The van der Waals surface area contributed by atoms with E-state index in [9.17, 15) is 22.7 Å². The zero-order chi connectivity index (χ0) is 29.5. The molecule has 5 aromatic rings. The molecular weight excluding hydrogens is 545 g/mol. The maximum Gasteiger partial charge on any atom is 0.399 e. The van der Waals surface area contributed by atoms with Gasteiger partial charge in [-0.15, -0.1) is 5.10 Å². The number of aromatic nitrogens is 5. The fourth-order valence-electron chi connectivity index (χ4n) is 4.51. The molecule has 0 aliphatic rings. The first kappa shape index (κ1) is 28.1. The number of benzene rings is 2. The molecule has 0 radical (unpaired) electrons. The van der Waals surface area contributed by atoms with E-state index in [-0.39, 0.29) is 11.1 Å². The van der Waals surface area contributed by atoms with Crippen LogP contribution in [0.3, 0.4) is 0 Å². The van der Waals surface area contributed by atoms with Gasteiger partial charge in [-0.2, -0.15) is 13.2 Å².